The molecule has 2 amide bonds. The predicted octanol–water partition coefficient (Wildman–Crippen LogP) is 6.33. The van der Waals surface area contributed by atoms with Crippen LogP contribution in [0.3, 0.4) is 0 Å². The van der Waals surface area contributed by atoms with E-state index in [9.17, 15) is 9.59 Å². The molecule has 4 rings (SSSR count). The first-order valence-electron chi connectivity index (χ1n) is 10.2. The number of fused-ring (bicyclic) bond motifs is 1. The first-order chi connectivity index (χ1) is 16.3. The van der Waals surface area contributed by atoms with E-state index in [4.69, 9.17) is 37.1 Å². The second kappa shape index (κ2) is 10.1. The molecule has 0 saturated carbocycles. The molecular weight excluding hydrogens is 479 g/mol. The Kier molecular flexibility index (Phi) is 6.95. The first-order valence-corrected chi connectivity index (χ1v) is 11.0. The van der Waals surface area contributed by atoms with Gasteiger partial charge in [0.1, 0.15) is 17.1 Å². The number of carbonyl (C=O) groups excluding carboxylic acids is 2. The maximum Gasteiger partial charge on any atom is 0.291 e. The van der Waals surface area contributed by atoms with E-state index in [-0.39, 0.29) is 12.4 Å². The Labute approximate surface area is 205 Å². The minimum Gasteiger partial charge on any atom is -0.494 e. The normalized spacial score (nSPS) is 10.7. The monoisotopic (exact) mass is 498 g/mol. The van der Waals surface area contributed by atoms with Crippen LogP contribution in [0.4, 0.5) is 11.4 Å². The van der Waals surface area contributed by atoms with Gasteiger partial charge in [-0.3, -0.25) is 9.59 Å². The second-order valence-corrected chi connectivity index (χ2v) is 8.23. The molecule has 0 radical (unpaired) electrons. The Bertz CT molecular complexity index is 1330. The number of para-hydroxylation sites is 1. The molecule has 0 saturated heterocycles. The number of rotatable bonds is 7. The third-order valence-corrected chi connectivity index (χ3v) is 5.42. The lowest BCUT2D eigenvalue weighted by molar-refractivity contribution is -0.118. The summed E-state index contributed by atoms with van der Waals surface area (Å²) >= 11 is 12.1. The van der Waals surface area contributed by atoms with E-state index in [0.29, 0.717) is 38.5 Å². The Morgan fingerprint density at radius 1 is 1.00 bits per heavy atom. The average molecular weight is 499 g/mol. The molecule has 1 heterocycles. The number of ether oxygens (including phenoxy) is 2. The van der Waals surface area contributed by atoms with Gasteiger partial charge in [-0.15, -0.1) is 0 Å². The number of hydrogen-bond donors (Lipinski definition) is 2. The number of hydrogen-bond acceptors (Lipinski definition) is 5. The summed E-state index contributed by atoms with van der Waals surface area (Å²) in [6.07, 6.45) is 0. The van der Waals surface area contributed by atoms with Crippen molar-refractivity contribution in [3.63, 3.8) is 0 Å². The summed E-state index contributed by atoms with van der Waals surface area (Å²) < 4.78 is 16.5. The number of nitrogens with one attached hydrogen (secondary N) is 2. The van der Waals surface area contributed by atoms with Crippen LogP contribution in [0.15, 0.2) is 65.1 Å². The lowest BCUT2D eigenvalue weighted by Crippen LogP contribution is -2.20. The van der Waals surface area contributed by atoms with Crippen LogP contribution in [0.1, 0.15) is 16.1 Å². The molecule has 0 unspecified atom stereocenters. The van der Waals surface area contributed by atoms with Crippen molar-refractivity contribution in [2.24, 2.45) is 0 Å². The summed E-state index contributed by atoms with van der Waals surface area (Å²) in [6.45, 7) is 1.53. The fraction of sp³-hybridized carbons (Fsp3) is 0.120. The molecule has 0 aliphatic carbocycles. The summed E-state index contributed by atoms with van der Waals surface area (Å²) in [5, 5.41) is 7.12. The summed E-state index contributed by atoms with van der Waals surface area (Å²) in [4.78, 5) is 25.0. The topological polar surface area (TPSA) is 89.8 Å². The summed E-state index contributed by atoms with van der Waals surface area (Å²) in [5.41, 5.74) is 2.23. The van der Waals surface area contributed by atoms with Gasteiger partial charge in [0.2, 0.25) is 0 Å². The van der Waals surface area contributed by atoms with Gasteiger partial charge in [0, 0.05) is 22.2 Å². The Morgan fingerprint density at radius 2 is 1.79 bits per heavy atom. The average Bonchev–Trinajstić information content (AvgIpc) is 3.24. The van der Waals surface area contributed by atoms with Gasteiger partial charge in [0.05, 0.1) is 17.8 Å². The van der Waals surface area contributed by atoms with E-state index in [0.717, 1.165) is 10.9 Å². The van der Waals surface area contributed by atoms with Crippen LogP contribution in [-0.4, -0.2) is 25.5 Å². The summed E-state index contributed by atoms with van der Waals surface area (Å²) in [7, 11) is 1.46. The van der Waals surface area contributed by atoms with Crippen molar-refractivity contribution in [2.75, 3.05) is 24.4 Å². The number of halogens is 2. The van der Waals surface area contributed by atoms with E-state index in [2.05, 4.69) is 10.6 Å². The highest BCUT2D eigenvalue weighted by Crippen LogP contribution is 2.32. The SMILES string of the molecule is COc1cc(NC(=O)COc2c(C)cc(Cl)cc2Cl)ccc1NC(=O)c1cc2ccccc2o1. The van der Waals surface area contributed by atoms with Crippen molar-refractivity contribution < 1.29 is 23.5 Å². The van der Waals surface area contributed by atoms with Crippen molar-refractivity contribution >= 4 is 57.4 Å². The molecular formula is C25H20Cl2N2O5. The highest BCUT2D eigenvalue weighted by Gasteiger charge is 2.16. The zero-order valence-corrected chi connectivity index (χ0v) is 19.8. The second-order valence-electron chi connectivity index (χ2n) is 7.39. The van der Waals surface area contributed by atoms with Crippen molar-refractivity contribution in [2.45, 2.75) is 6.92 Å². The van der Waals surface area contributed by atoms with Gasteiger partial charge < -0.3 is 24.5 Å². The molecule has 0 aliphatic rings. The molecule has 7 nitrogen and oxygen atoms in total. The number of anilines is 2. The minimum atomic E-state index is -0.421. The van der Waals surface area contributed by atoms with Crippen LogP contribution in [0.5, 0.6) is 11.5 Å². The predicted molar refractivity (Wildman–Crippen MR) is 132 cm³/mol. The minimum absolute atomic E-state index is 0.175. The van der Waals surface area contributed by atoms with Crippen LogP contribution < -0.4 is 20.1 Å². The molecule has 9 heteroatoms. The van der Waals surface area contributed by atoms with E-state index in [1.165, 1.54) is 7.11 Å². The van der Waals surface area contributed by atoms with Gasteiger partial charge in [0.25, 0.3) is 11.8 Å². The van der Waals surface area contributed by atoms with E-state index < -0.39 is 11.8 Å². The number of benzene rings is 3. The number of amides is 2. The molecule has 2 N–H and O–H groups in total. The molecule has 0 bridgehead atoms. The number of carbonyl (C=O) groups is 2. The van der Waals surface area contributed by atoms with Crippen molar-refractivity contribution in [3.8, 4) is 11.5 Å². The Hall–Kier alpha value is -3.68. The van der Waals surface area contributed by atoms with Crippen molar-refractivity contribution in [1.29, 1.82) is 0 Å². The number of methoxy groups -OCH3 is 1. The number of aryl methyl sites for hydroxylation is 1. The van der Waals surface area contributed by atoms with E-state index >= 15 is 0 Å². The largest absolute Gasteiger partial charge is 0.494 e. The van der Waals surface area contributed by atoms with Gasteiger partial charge in [-0.05, 0) is 48.9 Å². The molecule has 0 atom stereocenters. The van der Waals surface area contributed by atoms with Gasteiger partial charge in [-0.2, -0.15) is 0 Å². The summed E-state index contributed by atoms with van der Waals surface area (Å²) in [5.74, 6) is 0.109. The standard InChI is InChI=1S/C25H20Cl2N2O5/c1-14-9-16(26)11-18(27)24(14)33-13-23(30)28-17-7-8-19(21(12-17)32-2)29-25(31)22-10-15-5-3-4-6-20(15)34-22/h3-12H,13H2,1-2H3,(H,28,30)(H,29,31). The van der Waals surface area contributed by atoms with Crippen LogP contribution in [-0.2, 0) is 4.79 Å². The number of furan rings is 1. The molecule has 34 heavy (non-hydrogen) atoms. The van der Waals surface area contributed by atoms with Crippen LogP contribution in [0.25, 0.3) is 11.0 Å². The molecule has 4 aromatic rings. The lowest BCUT2D eigenvalue weighted by Gasteiger charge is -2.13. The van der Waals surface area contributed by atoms with E-state index in [1.54, 1.807) is 49.4 Å². The zero-order valence-electron chi connectivity index (χ0n) is 18.3. The van der Waals surface area contributed by atoms with Gasteiger partial charge in [-0.1, -0.05) is 41.4 Å². The van der Waals surface area contributed by atoms with Crippen molar-refractivity contribution in [3.05, 3.63) is 82.0 Å². The molecule has 0 spiro atoms. The molecule has 0 aliphatic heterocycles. The molecule has 3 aromatic carbocycles. The first kappa shape index (κ1) is 23.5. The zero-order chi connectivity index (χ0) is 24.2. The fourth-order valence-corrected chi connectivity index (χ4v) is 4.01. The molecule has 1 aromatic heterocycles. The Morgan fingerprint density at radius 3 is 2.53 bits per heavy atom. The highest BCUT2D eigenvalue weighted by atomic mass is 35.5. The van der Waals surface area contributed by atoms with Gasteiger partial charge >= 0.3 is 0 Å². The molecule has 0 fully saturated rings. The smallest absolute Gasteiger partial charge is 0.291 e. The van der Waals surface area contributed by atoms with Crippen molar-refractivity contribution in [1.82, 2.24) is 0 Å². The Balaban J connectivity index is 1.41. The maximum absolute atomic E-state index is 12.6. The van der Waals surface area contributed by atoms with Crippen LogP contribution >= 0.6 is 23.2 Å². The molecule has 174 valence electrons. The van der Waals surface area contributed by atoms with Gasteiger partial charge in [-0.25, -0.2) is 0 Å². The fourth-order valence-electron chi connectivity index (χ4n) is 3.36. The van der Waals surface area contributed by atoms with Crippen LogP contribution in [0.2, 0.25) is 10.0 Å². The highest BCUT2D eigenvalue weighted by molar-refractivity contribution is 6.35. The quantitative estimate of drug-likeness (QED) is 0.310. The van der Waals surface area contributed by atoms with Crippen LogP contribution in [0, 0.1) is 6.92 Å². The lowest BCUT2D eigenvalue weighted by atomic mass is 10.2. The van der Waals surface area contributed by atoms with E-state index in [1.807, 2.05) is 18.2 Å². The maximum atomic E-state index is 12.6. The van der Waals surface area contributed by atoms with Gasteiger partial charge in [0.15, 0.2) is 12.4 Å². The third kappa shape index (κ3) is 5.27. The third-order valence-electron chi connectivity index (χ3n) is 4.92. The summed E-state index contributed by atoms with van der Waals surface area (Å²) in [6, 6.07) is 17.1.